The van der Waals surface area contributed by atoms with Gasteiger partial charge in [0.2, 0.25) is 5.91 Å². The number of hydrogen-bond donors (Lipinski definition) is 5. The maximum Gasteiger partial charge on any atom is 0.404 e. The summed E-state index contributed by atoms with van der Waals surface area (Å²) in [6, 6.07) is 11.4. The second-order valence-electron chi connectivity index (χ2n) is 12.1. The molecule has 1 amide bonds. The molecule has 52 heavy (non-hydrogen) atoms. The highest BCUT2D eigenvalue weighted by molar-refractivity contribution is 6.61. The van der Waals surface area contributed by atoms with Gasteiger partial charge in [-0.15, -0.1) is 0 Å². The number of rotatable bonds is 11. The van der Waals surface area contributed by atoms with E-state index >= 15 is 0 Å². The third kappa shape index (κ3) is 29.4. The van der Waals surface area contributed by atoms with E-state index in [4.69, 9.17) is 55.0 Å². The molecule has 8 N–H and O–H groups in total. The molecule has 0 unspecified atom stereocenters. The van der Waals surface area contributed by atoms with E-state index < -0.39 is 58.0 Å². The molecule has 0 aromatic heterocycles. The van der Waals surface area contributed by atoms with Crippen LogP contribution < -0.4 is 22.5 Å². The highest BCUT2D eigenvalue weighted by Crippen LogP contribution is 2.13. The van der Waals surface area contributed by atoms with Gasteiger partial charge >= 0.3 is 28.8 Å². The molecule has 3 radical (unpaired) electrons. The summed E-state index contributed by atoms with van der Waals surface area (Å²) >= 11 is 10.0. The summed E-state index contributed by atoms with van der Waals surface area (Å²) in [4.78, 5) is 65.6. The van der Waals surface area contributed by atoms with Crippen molar-refractivity contribution >= 4 is 77.7 Å². The van der Waals surface area contributed by atoms with Crippen LogP contribution in [0.1, 0.15) is 80.4 Å². The molecule has 2 rings (SSSR count). The molecule has 0 heterocycles. The number of carbonyl (C=O) groups excluding carboxylic acids is 5. The number of nitrogen functional groups attached to an aromatic ring is 1. The summed E-state index contributed by atoms with van der Waals surface area (Å²) in [5, 5.41) is 11.0. The van der Waals surface area contributed by atoms with E-state index in [1.54, 1.807) is 90.1 Å². The fourth-order valence-electron chi connectivity index (χ4n) is 3.12. The van der Waals surface area contributed by atoms with Gasteiger partial charge in [-0.25, -0.2) is 9.59 Å². The lowest BCUT2D eigenvalue weighted by Gasteiger charge is -2.20. The molecule has 0 aliphatic rings. The number of benzene rings is 2. The number of nitrogens with one attached hydrogen (secondary N) is 1. The highest BCUT2D eigenvalue weighted by Gasteiger charge is 2.23. The average Bonchev–Trinajstić information content (AvgIpc) is 2.95. The van der Waals surface area contributed by atoms with Crippen molar-refractivity contribution in [2.45, 2.75) is 106 Å². The molecule has 2 atom stereocenters. The Morgan fingerprint density at radius 1 is 0.692 bits per heavy atom. The Kier molecular flexibility index (Phi) is 27.6. The lowest BCUT2D eigenvalue weighted by molar-refractivity contribution is -0.158. The number of ether oxygens (including phenoxy) is 4. The summed E-state index contributed by atoms with van der Waals surface area (Å²) in [5.41, 5.74) is 16.1. The molecular weight excluding hydrogens is 722 g/mol. The van der Waals surface area contributed by atoms with E-state index in [0.29, 0.717) is 16.9 Å². The number of aliphatic carboxylic acids is 1. The largest absolute Gasteiger partial charge is 0.480 e. The van der Waals surface area contributed by atoms with Gasteiger partial charge in [0.1, 0.15) is 30.5 Å². The zero-order valence-corrected chi connectivity index (χ0v) is 30.2. The normalized spacial score (nSPS) is 11.2. The first-order valence-electron chi connectivity index (χ1n) is 14.5. The number of nitrogens with two attached hydrogens (primary N) is 3. The number of anilines is 2. The maximum atomic E-state index is 12.0. The van der Waals surface area contributed by atoms with Crippen LogP contribution in [0.5, 0.6) is 0 Å². The number of hydrogen-bond acceptors (Lipinski definition) is 13. The molecule has 0 aliphatic carbocycles. The van der Waals surface area contributed by atoms with Gasteiger partial charge in [0.15, 0.2) is 0 Å². The van der Waals surface area contributed by atoms with Gasteiger partial charge in [0.25, 0.3) is 0 Å². The summed E-state index contributed by atoms with van der Waals surface area (Å²) in [7, 11) is 0. The number of carboxylic acid groups (broad SMARTS) is 1. The Morgan fingerprint density at radius 3 is 1.37 bits per heavy atom. The van der Waals surface area contributed by atoms with Gasteiger partial charge < -0.3 is 46.6 Å². The minimum Gasteiger partial charge on any atom is -0.480 e. The Labute approximate surface area is 317 Å². The lowest BCUT2D eigenvalue weighted by atomic mass is 10.1. The molecule has 2 aromatic carbocycles. The predicted molar refractivity (Wildman–Crippen MR) is 202 cm³/mol. The first kappa shape index (κ1) is 54.4. The van der Waals surface area contributed by atoms with E-state index in [2.05, 4.69) is 14.8 Å². The molecule has 15 nitrogen and oxygen atoms in total. The predicted octanol–water partition coefficient (Wildman–Crippen LogP) is 5.73. The minimum atomic E-state index is -1.20. The SMILES string of the molecule is C.C.CC(C)(C)OC(=O)C[C@H](N)C(=O)Nc1ccc(COC(=O)Cl)cc1.CC(C)(C)OC(=O)C[C@H](N)C(=O)O.Nc1ccc(COC(=O)Cl)cc1.[B]. The summed E-state index contributed by atoms with van der Waals surface area (Å²) in [6.45, 7) is 10.5. The van der Waals surface area contributed by atoms with Crippen LogP contribution in [-0.4, -0.2) is 71.5 Å². The molecule has 0 spiro atoms. The van der Waals surface area contributed by atoms with Crippen LogP contribution in [0, 0.1) is 0 Å². The first-order valence-corrected chi connectivity index (χ1v) is 15.3. The summed E-state index contributed by atoms with van der Waals surface area (Å²) in [5.74, 6) is -2.84. The van der Waals surface area contributed by atoms with Gasteiger partial charge in [0.05, 0.1) is 18.9 Å². The van der Waals surface area contributed by atoms with Crippen LogP contribution >= 0.6 is 23.2 Å². The quantitative estimate of drug-likeness (QED) is 0.0602. The van der Waals surface area contributed by atoms with E-state index in [9.17, 15) is 28.8 Å². The molecule has 0 saturated carbocycles. The van der Waals surface area contributed by atoms with Crippen molar-refractivity contribution in [3.63, 3.8) is 0 Å². The zero-order chi connectivity index (χ0) is 37.9. The molecule has 2 aromatic rings. The highest BCUT2D eigenvalue weighted by atomic mass is 35.5. The lowest BCUT2D eigenvalue weighted by Crippen LogP contribution is -2.39. The molecule has 0 aliphatic heterocycles. The van der Waals surface area contributed by atoms with Crippen molar-refractivity contribution in [3.05, 3.63) is 59.7 Å². The van der Waals surface area contributed by atoms with Crippen molar-refractivity contribution in [2.24, 2.45) is 11.5 Å². The van der Waals surface area contributed by atoms with Crippen molar-refractivity contribution in [3.8, 4) is 0 Å². The zero-order valence-electron chi connectivity index (χ0n) is 28.7. The smallest absolute Gasteiger partial charge is 0.404 e. The Bertz CT molecular complexity index is 1400. The second-order valence-corrected chi connectivity index (χ2v) is 12.7. The molecular formula is C34H52BCl2N4O11. The molecule has 0 saturated heterocycles. The van der Waals surface area contributed by atoms with Gasteiger partial charge in [-0.3, -0.25) is 19.2 Å². The fraction of sp³-hybridized carbons (Fsp3) is 0.471. The first-order chi connectivity index (χ1) is 22.5. The standard InChI is InChI=1S/C16H21ClN2O5.C8H8ClNO2.C8H15NO4.2CH4.B/c1-16(2,3)24-13(20)8-12(18)14(21)19-11-6-4-10(5-7-11)9-23-15(17)22;9-8(11)12-5-6-1-3-7(10)4-2-6;1-8(2,3)13-6(10)4-5(9)7(11)12;;;/h4-7,12H,8-9,18H2,1-3H3,(H,19,21);1-4H,5,10H2;5H,4,9H2,1-3H3,(H,11,12);2*1H4;/t12-;;5-;;;/m0.0.../s1. The van der Waals surface area contributed by atoms with Gasteiger partial charge in [-0.1, -0.05) is 39.1 Å². The van der Waals surface area contributed by atoms with Crippen molar-refractivity contribution in [2.75, 3.05) is 11.1 Å². The maximum absolute atomic E-state index is 12.0. The van der Waals surface area contributed by atoms with Crippen molar-refractivity contribution in [1.82, 2.24) is 0 Å². The second kappa shape index (κ2) is 26.4. The van der Waals surface area contributed by atoms with Crippen LogP contribution in [0.15, 0.2) is 48.5 Å². The molecule has 18 heteroatoms. The van der Waals surface area contributed by atoms with Crippen molar-refractivity contribution in [1.29, 1.82) is 0 Å². The Hall–Kier alpha value is -4.38. The fourth-order valence-corrected chi connectivity index (χ4v) is 3.23. The van der Waals surface area contributed by atoms with Crippen LogP contribution in [0.2, 0.25) is 0 Å². The third-order valence-electron chi connectivity index (χ3n) is 5.17. The Balaban J connectivity index is -0.000000352. The topological polar surface area (TPSA) is 250 Å². The van der Waals surface area contributed by atoms with E-state index in [0.717, 1.165) is 5.56 Å². The molecule has 0 bridgehead atoms. The summed E-state index contributed by atoms with van der Waals surface area (Å²) < 4.78 is 19.2. The van der Waals surface area contributed by atoms with E-state index in [-0.39, 0.29) is 49.3 Å². The average molecular weight is 775 g/mol. The van der Waals surface area contributed by atoms with Gasteiger partial charge in [0, 0.05) is 43.0 Å². The van der Waals surface area contributed by atoms with Crippen molar-refractivity contribution < 1.29 is 52.8 Å². The number of halogens is 2. The van der Waals surface area contributed by atoms with E-state index in [1.165, 1.54) is 0 Å². The molecule has 0 fully saturated rings. The number of esters is 2. The number of amides is 1. The third-order valence-corrected chi connectivity index (χ3v) is 5.39. The number of carboxylic acids is 1. The molecule has 291 valence electrons. The van der Waals surface area contributed by atoms with Crippen LogP contribution in [0.3, 0.4) is 0 Å². The van der Waals surface area contributed by atoms with Crippen LogP contribution in [0.25, 0.3) is 0 Å². The minimum absolute atomic E-state index is 0. The van der Waals surface area contributed by atoms with Gasteiger partial charge in [-0.2, -0.15) is 0 Å². The summed E-state index contributed by atoms with van der Waals surface area (Å²) in [6.07, 6.45) is -0.514. The Morgan fingerprint density at radius 2 is 1.04 bits per heavy atom. The number of carbonyl (C=O) groups is 6. The van der Waals surface area contributed by atoms with Crippen LogP contribution in [0.4, 0.5) is 21.0 Å². The van der Waals surface area contributed by atoms with E-state index in [1.807, 2.05) is 0 Å². The van der Waals surface area contributed by atoms with Crippen LogP contribution in [-0.2, 0) is 51.3 Å². The van der Waals surface area contributed by atoms with Gasteiger partial charge in [-0.05, 0) is 76.9 Å². The monoisotopic (exact) mass is 773 g/mol.